The molecule has 134 valence electrons. The zero-order valence-corrected chi connectivity index (χ0v) is 14.8. The van der Waals surface area contributed by atoms with Gasteiger partial charge in [0.05, 0.1) is 31.0 Å². The number of carbonyl (C=O) groups excluding carboxylic acids is 3. The highest BCUT2D eigenvalue weighted by molar-refractivity contribution is 6.11. The first-order valence-electron chi connectivity index (χ1n) is 8.13. The third-order valence-electron chi connectivity index (χ3n) is 3.87. The van der Waals surface area contributed by atoms with Gasteiger partial charge in [0.1, 0.15) is 5.75 Å². The molecule has 3 amide bonds. The lowest BCUT2D eigenvalue weighted by Crippen LogP contribution is -2.52. The average Bonchev–Trinajstić information content (AvgIpc) is 2.60. The number of urea groups is 1. The molecule has 0 spiro atoms. The van der Waals surface area contributed by atoms with Gasteiger partial charge < -0.3 is 14.8 Å². The highest BCUT2D eigenvalue weighted by atomic mass is 16.5. The number of rotatable bonds is 5. The van der Waals surface area contributed by atoms with Gasteiger partial charge in [-0.3, -0.25) is 4.79 Å². The van der Waals surface area contributed by atoms with Gasteiger partial charge in [0, 0.05) is 6.42 Å². The molecule has 1 N–H and O–H groups in total. The summed E-state index contributed by atoms with van der Waals surface area (Å²) in [7, 11) is 1.54. The minimum atomic E-state index is -0.579. The van der Waals surface area contributed by atoms with E-state index in [9.17, 15) is 14.4 Å². The molecule has 1 unspecified atom stereocenters. The van der Waals surface area contributed by atoms with E-state index in [2.05, 4.69) is 5.32 Å². The summed E-state index contributed by atoms with van der Waals surface area (Å²) in [4.78, 5) is 38.3. The first kappa shape index (κ1) is 18.5. The van der Waals surface area contributed by atoms with Crippen LogP contribution in [-0.4, -0.2) is 42.6 Å². The quantitative estimate of drug-likeness (QED) is 0.827. The van der Waals surface area contributed by atoms with E-state index in [1.807, 2.05) is 0 Å². The van der Waals surface area contributed by atoms with Crippen LogP contribution in [0, 0.1) is 0 Å². The Morgan fingerprint density at radius 1 is 1.20 bits per heavy atom. The Kier molecular flexibility index (Phi) is 5.80. The highest BCUT2D eigenvalue weighted by Gasteiger charge is 2.38. The maximum Gasteiger partial charge on any atom is 0.338 e. The molecule has 1 aromatic carbocycles. The average molecular weight is 346 g/mol. The van der Waals surface area contributed by atoms with Crippen LogP contribution in [0.1, 0.15) is 32.8 Å². The first-order valence-corrected chi connectivity index (χ1v) is 8.13. The van der Waals surface area contributed by atoms with Crippen molar-refractivity contribution in [2.45, 2.75) is 33.2 Å². The van der Waals surface area contributed by atoms with Crippen LogP contribution in [0.4, 0.5) is 4.79 Å². The summed E-state index contributed by atoms with van der Waals surface area (Å²) < 4.78 is 10.3. The predicted molar refractivity (Wildman–Crippen MR) is 91.7 cm³/mol. The van der Waals surface area contributed by atoms with E-state index in [-0.39, 0.29) is 24.3 Å². The Balaban J connectivity index is 2.68. The molecule has 1 aliphatic heterocycles. The fourth-order valence-corrected chi connectivity index (χ4v) is 2.66. The van der Waals surface area contributed by atoms with E-state index in [4.69, 9.17) is 9.47 Å². The van der Waals surface area contributed by atoms with E-state index in [0.29, 0.717) is 11.3 Å². The van der Waals surface area contributed by atoms with Crippen molar-refractivity contribution in [3.05, 3.63) is 35.4 Å². The summed E-state index contributed by atoms with van der Waals surface area (Å²) in [5, 5.41) is 2.64. The Hall–Kier alpha value is -2.83. The van der Waals surface area contributed by atoms with E-state index in [1.54, 1.807) is 52.1 Å². The molecule has 2 rings (SSSR count). The van der Waals surface area contributed by atoms with Crippen LogP contribution >= 0.6 is 0 Å². The third-order valence-corrected chi connectivity index (χ3v) is 3.87. The third kappa shape index (κ3) is 3.65. The van der Waals surface area contributed by atoms with Gasteiger partial charge in [-0.25, -0.2) is 14.5 Å². The number of benzene rings is 1. The maximum atomic E-state index is 12.5. The van der Waals surface area contributed by atoms with Gasteiger partial charge in [-0.05, 0) is 43.7 Å². The van der Waals surface area contributed by atoms with E-state index in [0.717, 1.165) is 4.90 Å². The summed E-state index contributed by atoms with van der Waals surface area (Å²) in [6, 6.07) is 5.68. The van der Waals surface area contributed by atoms with Crippen molar-refractivity contribution in [2.24, 2.45) is 0 Å². The smallest absolute Gasteiger partial charge is 0.338 e. The lowest BCUT2D eigenvalue weighted by atomic mass is 9.97. The second-order valence-electron chi connectivity index (χ2n) is 5.47. The predicted octanol–water partition coefficient (Wildman–Crippen LogP) is 2.32. The molecule has 0 aliphatic carbocycles. The van der Waals surface area contributed by atoms with Crippen LogP contribution in [0.15, 0.2) is 29.8 Å². The molecule has 1 atom stereocenters. The Labute approximate surface area is 146 Å². The Bertz CT molecular complexity index is 709. The minimum absolute atomic E-state index is 0.123. The molecule has 1 heterocycles. The van der Waals surface area contributed by atoms with Crippen molar-refractivity contribution in [3.63, 3.8) is 0 Å². The molecule has 0 aromatic heterocycles. The number of carbonyl (C=O) groups is 3. The number of imide groups is 1. The number of ether oxygens (including phenoxy) is 2. The molecule has 0 radical (unpaired) electrons. The first-order chi connectivity index (χ1) is 11.9. The molecular weight excluding hydrogens is 324 g/mol. The highest BCUT2D eigenvalue weighted by Crippen LogP contribution is 2.31. The molecule has 0 saturated carbocycles. The molecule has 7 nitrogen and oxygen atoms in total. The van der Waals surface area contributed by atoms with Crippen molar-refractivity contribution in [3.8, 4) is 5.75 Å². The van der Waals surface area contributed by atoms with Crippen molar-refractivity contribution < 1.29 is 23.9 Å². The zero-order chi connectivity index (χ0) is 18.6. The maximum absolute atomic E-state index is 12.5. The number of hydrogen-bond donors (Lipinski definition) is 1. The Morgan fingerprint density at radius 3 is 2.36 bits per heavy atom. The number of methoxy groups -OCH3 is 1. The largest absolute Gasteiger partial charge is 0.497 e. The van der Waals surface area contributed by atoms with Gasteiger partial charge in [-0.15, -0.1) is 0 Å². The summed E-state index contributed by atoms with van der Waals surface area (Å²) in [6.45, 7) is 5.23. The number of esters is 1. The number of nitrogens with zero attached hydrogens (tertiary/aromatic N) is 1. The van der Waals surface area contributed by atoms with Crippen LogP contribution in [-0.2, 0) is 14.3 Å². The van der Waals surface area contributed by atoms with Crippen LogP contribution in [0.3, 0.4) is 0 Å². The van der Waals surface area contributed by atoms with Gasteiger partial charge in [-0.2, -0.15) is 0 Å². The number of nitrogens with one attached hydrogen (secondary N) is 1. The molecule has 0 saturated heterocycles. The van der Waals surface area contributed by atoms with Crippen LogP contribution < -0.4 is 10.1 Å². The van der Waals surface area contributed by atoms with Gasteiger partial charge in [0.15, 0.2) is 0 Å². The monoisotopic (exact) mass is 346 g/mol. The van der Waals surface area contributed by atoms with Gasteiger partial charge in [-0.1, -0.05) is 6.92 Å². The van der Waals surface area contributed by atoms with Crippen molar-refractivity contribution >= 4 is 23.6 Å². The molecule has 1 aliphatic rings. The summed E-state index contributed by atoms with van der Waals surface area (Å²) in [5.41, 5.74) is 1.06. The van der Waals surface area contributed by atoms with E-state index >= 15 is 0 Å². The molecule has 0 fully saturated rings. The van der Waals surface area contributed by atoms with Crippen molar-refractivity contribution in [2.75, 3.05) is 13.7 Å². The van der Waals surface area contributed by atoms with Crippen molar-refractivity contribution in [1.29, 1.82) is 0 Å². The van der Waals surface area contributed by atoms with Crippen molar-refractivity contribution in [1.82, 2.24) is 10.2 Å². The second-order valence-corrected chi connectivity index (χ2v) is 5.47. The number of hydrogen-bond acceptors (Lipinski definition) is 5. The summed E-state index contributed by atoms with van der Waals surface area (Å²) >= 11 is 0. The summed E-state index contributed by atoms with van der Waals surface area (Å²) in [5.74, 6) is -0.338. The van der Waals surface area contributed by atoms with Crippen LogP contribution in [0.25, 0.3) is 5.70 Å². The topological polar surface area (TPSA) is 84.9 Å². The standard InChI is InChI=1S/C18H22N2O5/c1-5-14(21)20-16(12-7-9-13(24-4)10-8-12)15(17(22)25-6-2)11(3)19-18(20)23/h7-11H,5-6H2,1-4H3,(H,19,23). The van der Waals surface area contributed by atoms with Crippen LogP contribution in [0.5, 0.6) is 5.75 Å². The van der Waals surface area contributed by atoms with Gasteiger partial charge >= 0.3 is 12.0 Å². The number of amides is 3. The lowest BCUT2D eigenvalue weighted by Gasteiger charge is -2.34. The SMILES string of the molecule is CCOC(=O)C1=C(c2ccc(OC)cc2)N(C(=O)CC)C(=O)NC1C. The van der Waals surface area contributed by atoms with E-state index in [1.165, 1.54) is 0 Å². The molecule has 25 heavy (non-hydrogen) atoms. The van der Waals surface area contributed by atoms with Crippen LogP contribution in [0.2, 0.25) is 0 Å². The zero-order valence-electron chi connectivity index (χ0n) is 14.8. The van der Waals surface area contributed by atoms with Gasteiger partial charge in [0.2, 0.25) is 5.91 Å². The summed E-state index contributed by atoms with van der Waals surface area (Å²) in [6.07, 6.45) is 0.123. The molecular formula is C18H22N2O5. The second kappa shape index (κ2) is 7.83. The fraction of sp³-hybridized carbons (Fsp3) is 0.389. The minimum Gasteiger partial charge on any atom is -0.497 e. The van der Waals surface area contributed by atoms with E-state index < -0.39 is 23.9 Å². The lowest BCUT2D eigenvalue weighted by molar-refractivity contribution is -0.138. The normalized spacial score (nSPS) is 17.2. The molecule has 0 bridgehead atoms. The Morgan fingerprint density at radius 2 is 1.84 bits per heavy atom. The van der Waals surface area contributed by atoms with Gasteiger partial charge in [0.25, 0.3) is 0 Å². The fourth-order valence-electron chi connectivity index (χ4n) is 2.66. The molecule has 1 aromatic rings. The molecule has 7 heteroatoms.